The fourth-order valence-corrected chi connectivity index (χ4v) is 6.50. The second kappa shape index (κ2) is 8.73. The van der Waals surface area contributed by atoms with Crippen molar-refractivity contribution in [3.63, 3.8) is 0 Å². The standard InChI is InChI=1S/C21H38N2.ClH/c1-2-17-10-12-19(13-11-17)23-16-15-22-14-6-9-20(22)21(23)18-7-4-3-5-8-18;/h17-21H,2-16H2,1H3;1H. The highest BCUT2D eigenvalue weighted by atomic mass is 35.5. The Hall–Kier alpha value is 0.210. The number of hydrogen-bond donors (Lipinski definition) is 0. The molecule has 2 nitrogen and oxygen atoms in total. The van der Waals surface area contributed by atoms with Crippen molar-refractivity contribution in [2.75, 3.05) is 19.6 Å². The van der Waals surface area contributed by atoms with Gasteiger partial charge in [0.05, 0.1) is 0 Å². The summed E-state index contributed by atoms with van der Waals surface area (Å²) in [6, 6.07) is 2.75. The minimum absolute atomic E-state index is 0. The average Bonchev–Trinajstić information content (AvgIpc) is 3.10. The minimum Gasteiger partial charge on any atom is -0.298 e. The molecule has 0 radical (unpaired) electrons. The number of piperazine rings is 1. The molecule has 0 N–H and O–H groups in total. The van der Waals surface area contributed by atoms with Gasteiger partial charge in [0.25, 0.3) is 0 Å². The van der Waals surface area contributed by atoms with E-state index in [1.54, 1.807) is 0 Å². The summed E-state index contributed by atoms with van der Waals surface area (Å²) in [5.41, 5.74) is 0. The highest BCUT2D eigenvalue weighted by Gasteiger charge is 2.45. The van der Waals surface area contributed by atoms with E-state index in [1.807, 2.05) is 0 Å². The molecule has 2 saturated carbocycles. The lowest BCUT2D eigenvalue weighted by Gasteiger charge is -2.53. The van der Waals surface area contributed by atoms with Crippen molar-refractivity contribution in [1.82, 2.24) is 9.80 Å². The Morgan fingerprint density at radius 1 is 0.750 bits per heavy atom. The van der Waals surface area contributed by atoms with Gasteiger partial charge in [0.2, 0.25) is 0 Å². The van der Waals surface area contributed by atoms with Crippen LogP contribution in [0.15, 0.2) is 0 Å². The van der Waals surface area contributed by atoms with E-state index >= 15 is 0 Å². The summed E-state index contributed by atoms with van der Waals surface area (Å²) in [6.07, 6.45) is 17.9. The zero-order chi connectivity index (χ0) is 15.6. The van der Waals surface area contributed by atoms with Gasteiger partial charge in [-0.2, -0.15) is 0 Å². The lowest BCUT2D eigenvalue weighted by molar-refractivity contribution is -0.0358. The summed E-state index contributed by atoms with van der Waals surface area (Å²) in [5.74, 6) is 2.05. The van der Waals surface area contributed by atoms with Gasteiger partial charge in [0.15, 0.2) is 0 Å². The maximum Gasteiger partial charge on any atom is 0.0283 e. The van der Waals surface area contributed by atoms with Gasteiger partial charge in [0, 0.05) is 31.2 Å². The molecule has 0 aromatic carbocycles. The fraction of sp³-hybridized carbons (Fsp3) is 1.00. The van der Waals surface area contributed by atoms with E-state index in [4.69, 9.17) is 0 Å². The van der Waals surface area contributed by atoms with E-state index in [2.05, 4.69) is 16.7 Å². The third kappa shape index (κ3) is 3.81. The van der Waals surface area contributed by atoms with Gasteiger partial charge in [-0.3, -0.25) is 9.80 Å². The van der Waals surface area contributed by atoms with Gasteiger partial charge in [0.1, 0.15) is 0 Å². The van der Waals surface area contributed by atoms with Crippen molar-refractivity contribution in [3.8, 4) is 0 Å². The Kier molecular flexibility index (Phi) is 6.91. The lowest BCUT2D eigenvalue weighted by atomic mass is 9.76. The van der Waals surface area contributed by atoms with Gasteiger partial charge in [-0.15, -0.1) is 12.4 Å². The van der Waals surface area contributed by atoms with Gasteiger partial charge >= 0.3 is 0 Å². The van der Waals surface area contributed by atoms with Gasteiger partial charge in [-0.1, -0.05) is 32.6 Å². The van der Waals surface area contributed by atoms with Crippen LogP contribution in [-0.2, 0) is 0 Å². The van der Waals surface area contributed by atoms with Gasteiger partial charge in [-0.05, 0) is 69.7 Å². The van der Waals surface area contributed by atoms with Crippen LogP contribution in [0.5, 0.6) is 0 Å². The molecule has 3 heteroatoms. The maximum absolute atomic E-state index is 3.06. The molecular weight excluding hydrogens is 316 g/mol. The smallest absolute Gasteiger partial charge is 0.0283 e. The van der Waals surface area contributed by atoms with Crippen molar-refractivity contribution in [3.05, 3.63) is 0 Å². The Labute approximate surface area is 156 Å². The molecule has 0 bridgehead atoms. The highest BCUT2D eigenvalue weighted by molar-refractivity contribution is 5.85. The number of hydrogen-bond acceptors (Lipinski definition) is 2. The van der Waals surface area contributed by atoms with Gasteiger partial charge < -0.3 is 0 Å². The molecule has 2 atom stereocenters. The van der Waals surface area contributed by atoms with Crippen molar-refractivity contribution in [2.24, 2.45) is 11.8 Å². The second-order valence-electron chi connectivity index (χ2n) is 8.95. The van der Waals surface area contributed by atoms with E-state index in [-0.39, 0.29) is 12.4 Å². The Balaban J connectivity index is 0.00000169. The Morgan fingerprint density at radius 3 is 2.21 bits per heavy atom. The third-order valence-electron chi connectivity index (χ3n) is 7.83. The summed E-state index contributed by atoms with van der Waals surface area (Å²) >= 11 is 0. The Morgan fingerprint density at radius 2 is 1.50 bits per heavy atom. The predicted molar refractivity (Wildman–Crippen MR) is 105 cm³/mol. The van der Waals surface area contributed by atoms with Crippen LogP contribution in [0.4, 0.5) is 0 Å². The molecule has 4 aliphatic rings. The molecule has 0 spiro atoms. The first-order valence-corrected chi connectivity index (χ1v) is 10.9. The SMILES string of the molecule is CCC1CCC(N2CCN3CCCC3C2C2CCCCC2)CC1.Cl. The topological polar surface area (TPSA) is 6.48 Å². The lowest BCUT2D eigenvalue weighted by Crippen LogP contribution is -2.63. The first-order chi connectivity index (χ1) is 11.4. The summed E-state index contributed by atoms with van der Waals surface area (Å²) in [5, 5.41) is 0. The summed E-state index contributed by atoms with van der Waals surface area (Å²) in [7, 11) is 0. The maximum atomic E-state index is 3.06. The summed E-state index contributed by atoms with van der Waals surface area (Å²) in [4.78, 5) is 5.93. The molecule has 0 aromatic rings. The quantitative estimate of drug-likeness (QED) is 0.695. The number of nitrogens with zero attached hydrogens (tertiary/aromatic N) is 2. The average molecular weight is 355 g/mol. The van der Waals surface area contributed by atoms with E-state index in [9.17, 15) is 0 Å². The first kappa shape index (κ1) is 19.0. The van der Waals surface area contributed by atoms with Crippen LogP contribution in [-0.4, -0.2) is 47.6 Å². The van der Waals surface area contributed by atoms with Crippen LogP contribution in [0.25, 0.3) is 0 Å². The van der Waals surface area contributed by atoms with Crippen molar-refractivity contribution in [1.29, 1.82) is 0 Å². The number of rotatable bonds is 3. The van der Waals surface area contributed by atoms with E-state index in [0.717, 1.165) is 30.0 Å². The highest BCUT2D eigenvalue weighted by Crippen LogP contribution is 2.40. The molecule has 0 amide bonds. The molecule has 4 fully saturated rings. The molecule has 140 valence electrons. The minimum atomic E-state index is 0. The molecule has 2 unspecified atom stereocenters. The van der Waals surface area contributed by atoms with Crippen molar-refractivity contribution >= 4 is 12.4 Å². The van der Waals surface area contributed by atoms with Crippen LogP contribution in [0.1, 0.15) is 84.0 Å². The van der Waals surface area contributed by atoms with Crippen molar-refractivity contribution in [2.45, 2.75) is 102 Å². The van der Waals surface area contributed by atoms with Crippen molar-refractivity contribution < 1.29 is 0 Å². The molecule has 2 heterocycles. The molecule has 2 saturated heterocycles. The Bertz CT molecular complexity index is 374. The van der Waals surface area contributed by atoms with E-state index in [0.29, 0.717) is 0 Å². The number of fused-ring (bicyclic) bond motifs is 1. The van der Waals surface area contributed by atoms with Crippen LogP contribution in [0.3, 0.4) is 0 Å². The number of halogens is 1. The summed E-state index contributed by atoms with van der Waals surface area (Å²) < 4.78 is 0. The first-order valence-electron chi connectivity index (χ1n) is 10.9. The fourth-order valence-electron chi connectivity index (χ4n) is 6.50. The monoisotopic (exact) mass is 354 g/mol. The van der Waals surface area contributed by atoms with Crippen LogP contribution >= 0.6 is 12.4 Å². The van der Waals surface area contributed by atoms with Crippen LogP contribution < -0.4 is 0 Å². The summed E-state index contributed by atoms with van der Waals surface area (Å²) in [6.45, 7) is 6.53. The predicted octanol–water partition coefficient (Wildman–Crippen LogP) is 5.11. The zero-order valence-corrected chi connectivity index (χ0v) is 16.6. The molecule has 0 aromatic heterocycles. The van der Waals surface area contributed by atoms with Crippen LogP contribution in [0, 0.1) is 11.8 Å². The van der Waals surface area contributed by atoms with Crippen LogP contribution in [0.2, 0.25) is 0 Å². The van der Waals surface area contributed by atoms with Gasteiger partial charge in [-0.25, -0.2) is 0 Å². The zero-order valence-electron chi connectivity index (χ0n) is 15.8. The third-order valence-corrected chi connectivity index (χ3v) is 7.83. The largest absolute Gasteiger partial charge is 0.298 e. The molecule has 2 aliphatic carbocycles. The normalized spacial score (nSPS) is 39.4. The molecule has 2 aliphatic heterocycles. The second-order valence-corrected chi connectivity index (χ2v) is 8.95. The molecule has 4 rings (SSSR count). The van der Waals surface area contributed by atoms with E-state index < -0.39 is 0 Å². The molecule has 24 heavy (non-hydrogen) atoms. The van der Waals surface area contributed by atoms with E-state index in [1.165, 1.54) is 96.7 Å². The molecular formula is C21H39ClN2.